The van der Waals surface area contributed by atoms with Crippen LogP contribution in [0.3, 0.4) is 0 Å². The van der Waals surface area contributed by atoms with Crippen LogP contribution in [-0.2, 0) is 12.8 Å². The summed E-state index contributed by atoms with van der Waals surface area (Å²) < 4.78 is 5.21. The third-order valence-electron chi connectivity index (χ3n) is 3.31. The van der Waals surface area contributed by atoms with Crippen LogP contribution in [0.1, 0.15) is 28.2 Å². The van der Waals surface area contributed by atoms with Crippen LogP contribution >= 0.6 is 0 Å². The predicted molar refractivity (Wildman–Crippen MR) is 57.3 cm³/mol. The van der Waals surface area contributed by atoms with E-state index in [0.717, 1.165) is 56.8 Å². The standard InChI is InChI=1S/C11H15N3O2/c15-11(14-6-4-12-5-7-14)10-8-2-1-3-9(8)16-13-10/h12H,1-7H2. The summed E-state index contributed by atoms with van der Waals surface area (Å²) in [7, 11) is 0. The Labute approximate surface area is 93.8 Å². The second-order valence-corrected chi connectivity index (χ2v) is 4.33. The van der Waals surface area contributed by atoms with E-state index in [1.807, 2.05) is 4.90 Å². The number of piperazine rings is 1. The molecule has 0 spiro atoms. The number of fused-ring (bicyclic) bond motifs is 1. The molecule has 1 aromatic heterocycles. The number of rotatable bonds is 1. The summed E-state index contributed by atoms with van der Waals surface area (Å²) in [6.07, 6.45) is 2.95. The first kappa shape index (κ1) is 9.84. The van der Waals surface area contributed by atoms with Gasteiger partial charge < -0.3 is 14.7 Å². The number of carbonyl (C=O) groups excluding carboxylic acids is 1. The summed E-state index contributed by atoms with van der Waals surface area (Å²) in [6.45, 7) is 3.26. The first-order valence-corrected chi connectivity index (χ1v) is 5.83. The molecule has 2 heterocycles. The van der Waals surface area contributed by atoms with Crippen LogP contribution in [-0.4, -0.2) is 42.1 Å². The molecule has 0 unspecified atom stereocenters. The quantitative estimate of drug-likeness (QED) is 0.736. The number of hydrogen-bond acceptors (Lipinski definition) is 4. The minimum absolute atomic E-state index is 0.0356. The van der Waals surface area contributed by atoms with Gasteiger partial charge in [-0.3, -0.25) is 4.79 Å². The summed E-state index contributed by atoms with van der Waals surface area (Å²) in [5.74, 6) is 0.951. The summed E-state index contributed by atoms with van der Waals surface area (Å²) >= 11 is 0. The summed E-state index contributed by atoms with van der Waals surface area (Å²) in [5.41, 5.74) is 1.60. The predicted octanol–water partition coefficient (Wildman–Crippen LogP) is 0.209. The highest BCUT2D eigenvalue weighted by Gasteiger charge is 2.28. The van der Waals surface area contributed by atoms with E-state index in [2.05, 4.69) is 10.5 Å². The van der Waals surface area contributed by atoms with Gasteiger partial charge in [-0.05, 0) is 12.8 Å². The Morgan fingerprint density at radius 1 is 1.31 bits per heavy atom. The van der Waals surface area contributed by atoms with Gasteiger partial charge in [-0.2, -0.15) is 0 Å². The van der Waals surface area contributed by atoms with Gasteiger partial charge in [-0.25, -0.2) is 0 Å². The van der Waals surface area contributed by atoms with Crippen LogP contribution in [0, 0.1) is 0 Å². The second kappa shape index (κ2) is 3.90. The molecule has 0 saturated carbocycles. The number of aryl methyl sites for hydroxylation is 1. The lowest BCUT2D eigenvalue weighted by atomic mass is 10.2. The van der Waals surface area contributed by atoms with E-state index in [4.69, 9.17) is 4.52 Å². The van der Waals surface area contributed by atoms with Gasteiger partial charge in [0.25, 0.3) is 5.91 Å². The highest BCUT2D eigenvalue weighted by molar-refractivity contribution is 5.94. The van der Waals surface area contributed by atoms with Crippen molar-refractivity contribution >= 4 is 5.91 Å². The Morgan fingerprint density at radius 2 is 2.12 bits per heavy atom. The highest BCUT2D eigenvalue weighted by Crippen LogP contribution is 2.25. The summed E-state index contributed by atoms with van der Waals surface area (Å²) in [5, 5.41) is 7.16. The van der Waals surface area contributed by atoms with Crippen molar-refractivity contribution < 1.29 is 9.32 Å². The Bertz CT molecular complexity index is 407. The lowest BCUT2D eigenvalue weighted by Crippen LogP contribution is -2.46. The van der Waals surface area contributed by atoms with Crippen LogP contribution in [0.4, 0.5) is 0 Å². The van der Waals surface area contributed by atoms with Gasteiger partial charge in [-0.1, -0.05) is 5.16 Å². The lowest BCUT2D eigenvalue weighted by Gasteiger charge is -2.26. The maximum atomic E-state index is 12.2. The second-order valence-electron chi connectivity index (χ2n) is 4.33. The molecule has 5 nitrogen and oxygen atoms in total. The Kier molecular flexibility index (Phi) is 2.40. The SMILES string of the molecule is O=C(c1noc2c1CCC2)N1CCNCC1. The Morgan fingerprint density at radius 3 is 2.94 bits per heavy atom. The highest BCUT2D eigenvalue weighted by atomic mass is 16.5. The zero-order chi connectivity index (χ0) is 11.0. The number of carbonyl (C=O) groups is 1. The van der Waals surface area contributed by atoms with Crippen molar-refractivity contribution in [3.63, 3.8) is 0 Å². The number of aromatic nitrogens is 1. The van der Waals surface area contributed by atoms with E-state index in [-0.39, 0.29) is 5.91 Å². The Hall–Kier alpha value is -1.36. The van der Waals surface area contributed by atoms with Gasteiger partial charge in [0, 0.05) is 38.2 Å². The molecule has 86 valence electrons. The van der Waals surface area contributed by atoms with E-state index < -0.39 is 0 Å². The summed E-state index contributed by atoms with van der Waals surface area (Å²) in [6, 6.07) is 0. The van der Waals surface area contributed by atoms with Crippen LogP contribution in [0.5, 0.6) is 0 Å². The molecule has 1 N–H and O–H groups in total. The van der Waals surface area contributed by atoms with Crippen molar-refractivity contribution in [3.05, 3.63) is 17.0 Å². The van der Waals surface area contributed by atoms with Crippen molar-refractivity contribution in [2.45, 2.75) is 19.3 Å². The molecular formula is C11H15N3O2. The molecule has 0 radical (unpaired) electrons. The number of hydrogen-bond donors (Lipinski definition) is 1. The van der Waals surface area contributed by atoms with E-state index in [9.17, 15) is 4.79 Å². The molecule has 1 fully saturated rings. The van der Waals surface area contributed by atoms with Crippen LogP contribution in [0.2, 0.25) is 0 Å². The van der Waals surface area contributed by atoms with E-state index in [1.54, 1.807) is 0 Å². The fraction of sp³-hybridized carbons (Fsp3) is 0.636. The molecule has 1 aliphatic carbocycles. The van der Waals surface area contributed by atoms with Crippen LogP contribution in [0.15, 0.2) is 4.52 Å². The fourth-order valence-electron chi connectivity index (χ4n) is 2.41. The largest absolute Gasteiger partial charge is 0.360 e. The minimum atomic E-state index is 0.0356. The average Bonchev–Trinajstić information content (AvgIpc) is 2.91. The van der Waals surface area contributed by atoms with Gasteiger partial charge in [0.2, 0.25) is 0 Å². The summed E-state index contributed by atoms with van der Waals surface area (Å²) in [4.78, 5) is 14.1. The molecule has 1 saturated heterocycles. The molecule has 0 aromatic carbocycles. The normalized spacial score (nSPS) is 19.9. The number of amides is 1. The van der Waals surface area contributed by atoms with Gasteiger partial charge in [0.15, 0.2) is 5.69 Å². The molecule has 1 amide bonds. The van der Waals surface area contributed by atoms with E-state index in [1.165, 1.54) is 0 Å². The Balaban J connectivity index is 1.83. The van der Waals surface area contributed by atoms with E-state index >= 15 is 0 Å². The van der Waals surface area contributed by atoms with Gasteiger partial charge >= 0.3 is 0 Å². The molecule has 1 aliphatic heterocycles. The smallest absolute Gasteiger partial charge is 0.276 e. The van der Waals surface area contributed by atoms with Crippen molar-refractivity contribution in [1.29, 1.82) is 0 Å². The third kappa shape index (κ3) is 1.51. The molecule has 0 atom stereocenters. The van der Waals surface area contributed by atoms with Crippen molar-refractivity contribution in [1.82, 2.24) is 15.4 Å². The van der Waals surface area contributed by atoms with Gasteiger partial charge in [0.05, 0.1) is 0 Å². The molecule has 2 aliphatic rings. The minimum Gasteiger partial charge on any atom is -0.360 e. The average molecular weight is 221 g/mol. The van der Waals surface area contributed by atoms with Crippen molar-refractivity contribution in [2.24, 2.45) is 0 Å². The molecule has 0 bridgehead atoms. The topological polar surface area (TPSA) is 58.4 Å². The molecule has 16 heavy (non-hydrogen) atoms. The molecular weight excluding hydrogens is 206 g/mol. The fourth-order valence-corrected chi connectivity index (χ4v) is 2.41. The zero-order valence-corrected chi connectivity index (χ0v) is 9.16. The maximum absolute atomic E-state index is 12.2. The first-order valence-electron chi connectivity index (χ1n) is 5.83. The van der Waals surface area contributed by atoms with E-state index in [0.29, 0.717) is 5.69 Å². The molecule has 5 heteroatoms. The van der Waals surface area contributed by atoms with Crippen LogP contribution < -0.4 is 5.32 Å². The molecule has 1 aromatic rings. The lowest BCUT2D eigenvalue weighted by molar-refractivity contribution is 0.0724. The maximum Gasteiger partial charge on any atom is 0.276 e. The van der Waals surface area contributed by atoms with Gasteiger partial charge in [0.1, 0.15) is 5.76 Å². The number of nitrogens with zero attached hydrogens (tertiary/aromatic N) is 2. The van der Waals surface area contributed by atoms with Crippen molar-refractivity contribution in [3.8, 4) is 0 Å². The number of nitrogens with one attached hydrogen (secondary N) is 1. The zero-order valence-electron chi connectivity index (χ0n) is 9.16. The van der Waals surface area contributed by atoms with Gasteiger partial charge in [-0.15, -0.1) is 0 Å². The monoisotopic (exact) mass is 221 g/mol. The third-order valence-corrected chi connectivity index (χ3v) is 3.31. The van der Waals surface area contributed by atoms with Crippen molar-refractivity contribution in [2.75, 3.05) is 26.2 Å². The van der Waals surface area contributed by atoms with Crippen LogP contribution in [0.25, 0.3) is 0 Å². The molecule has 3 rings (SSSR count). The first-order chi connectivity index (χ1) is 7.86.